The second kappa shape index (κ2) is 9.30. The first-order valence-electron chi connectivity index (χ1n) is 12.2. The van der Waals surface area contributed by atoms with Crippen molar-refractivity contribution in [1.29, 1.82) is 0 Å². The molecule has 0 spiro atoms. The van der Waals surface area contributed by atoms with Gasteiger partial charge >= 0.3 is 0 Å². The number of imidazole rings is 1. The van der Waals surface area contributed by atoms with Crippen LogP contribution >= 0.6 is 0 Å². The highest BCUT2D eigenvalue weighted by molar-refractivity contribution is 5.98. The third-order valence-corrected chi connectivity index (χ3v) is 6.28. The molecule has 0 aliphatic carbocycles. The Morgan fingerprint density at radius 3 is 2.84 bits per heavy atom. The van der Waals surface area contributed by atoms with Crippen LogP contribution < -0.4 is 5.32 Å². The number of aryl methyl sites for hydroxylation is 1. The smallest absolute Gasteiger partial charge is 0.224 e. The lowest BCUT2D eigenvalue weighted by molar-refractivity contribution is -0.116. The Hall–Kier alpha value is -4.86. The van der Waals surface area contributed by atoms with Crippen molar-refractivity contribution < 1.29 is 4.79 Å². The summed E-state index contributed by atoms with van der Waals surface area (Å²) in [5, 5.41) is 12.5. The topological polar surface area (TPSA) is 130 Å². The molecule has 37 heavy (non-hydrogen) atoms. The number of hydrogen-bond donors (Lipinski definition) is 3. The highest BCUT2D eigenvalue weighted by Crippen LogP contribution is 2.32. The second-order valence-electron chi connectivity index (χ2n) is 9.00. The number of carbonyl (C=O) groups excluding carboxylic acids is 1. The van der Waals surface area contributed by atoms with E-state index in [0.29, 0.717) is 12.1 Å². The first-order chi connectivity index (χ1) is 18.1. The van der Waals surface area contributed by atoms with Gasteiger partial charge in [-0.25, -0.2) is 9.97 Å². The van der Waals surface area contributed by atoms with E-state index in [2.05, 4.69) is 53.4 Å². The number of hydrogen-bond acceptors (Lipinski definition) is 6. The molecule has 0 unspecified atom stereocenters. The second-order valence-corrected chi connectivity index (χ2v) is 9.00. The van der Waals surface area contributed by atoms with Gasteiger partial charge in [0.2, 0.25) is 5.91 Å². The molecule has 6 heterocycles. The molecule has 3 N–H and O–H groups in total. The average molecular weight is 492 g/mol. The maximum Gasteiger partial charge on any atom is 0.224 e. The van der Waals surface area contributed by atoms with Gasteiger partial charge in [-0.3, -0.25) is 19.9 Å². The van der Waals surface area contributed by atoms with E-state index in [1.165, 1.54) is 0 Å². The zero-order chi connectivity index (χ0) is 25.4. The molecular formula is C27H25N9O. The van der Waals surface area contributed by atoms with E-state index in [0.717, 1.165) is 68.8 Å². The molecule has 10 nitrogen and oxygen atoms in total. The summed E-state index contributed by atoms with van der Waals surface area (Å²) < 4.78 is 1.99. The predicted molar refractivity (Wildman–Crippen MR) is 142 cm³/mol. The molecule has 0 aliphatic heterocycles. The zero-order valence-corrected chi connectivity index (χ0v) is 20.5. The van der Waals surface area contributed by atoms with E-state index in [1.807, 2.05) is 35.9 Å². The van der Waals surface area contributed by atoms with Crippen molar-refractivity contribution in [2.24, 2.45) is 0 Å². The van der Waals surface area contributed by atoms with Gasteiger partial charge in [0.15, 0.2) is 0 Å². The minimum atomic E-state index is -0.0148. The maximum absolute atomic E-state index is 12.2. The quantitative estimate of drug-likeness (QED) is 0.282. The van der Waals surface area contributed by atoms with Gasteiger partial charge < -0.3 is 14.9 Å². The number of amides is 1. The fraction of sp³-hybridized carbons (Fsp3) is 0.185. The van der Waals surface area contributed by atoms with Gasteiger partial charge in [-0.15, -0.1) is 0 Å². The minimum absolute atomic E-state index is 0.0148. The zero-order valence-electron chi connectivity index (χ0n) is 20.5. The van der Waals surface area contributed by atoms with Crippen LogP contribution in [0.1, 0.15) is 31.9 Å². The largest absolute Gasteiger partial charge is 0.338 e. The van der Waals surface area contributed by atoms with Gasteiger partial charge in [-0.2, -0.15) is 5.10 Å². The van der Waals surface area contributed by atoms with Crippen LogP contribution in [-0.4, -0.2) is 45.6 Å². The molecule has 0 bridgehead atoms. The number of aromatic nitrogens is 8. The molecule has 6 aromatic heterocycles. The highest BCUT2D eigenvalue weighted by atomic mass is 16.1. The summed E-state index contributed by atoms with van der Waals surface area (Å²) in [5.41, 5.74) is 7.29. The molecule has 0 atom stereocenters. The molecule has 0 saturated carbocycles. The van der Waals surface area contributed by atoms with Crippen LogP contribution in [0.5, 0.6) is 0 Å². The maximum atomic E-state index is 12.2. The van der Waals surface area contributed by atoms with Crippen LogP contribution in [0.25, 0.3) is 50.3 Å². The van der Waals surface area contributed by atoms with Crippen LogP contribution in [0.3, 0.4) is 0 Å². The normalized spacial score (nSPS) is 11.4. The molecule has 0 radical (unpaired) electrons. The molecule has 6 rings (SSSR count). The fourth-order valence-electron chi connectivity index (χ4n) is 4.41. The number of fused-ring (bicyclic) bond motifs is 2. The Labute approximate surface area is 212 Å². The van der Waals surface area contributed by atoms with Crippen molar-refractivity contribution >= 4 is 33.5 Å². The molecule has 0 fully saturated rings. The SMILES string of the molecule is CCCCC(=O)Nc1cncc(-c2cc3c(-c4cc5c(-n6cnc(C)c6)ccnc5[nH]4)n[nH]c3cn2)c1. The number of anilines is 1. The van der Waals surface area contributed by atoms with Crippen LogP contribution in [-0.2, 0) is 4.79 Å². The molecule has 10 heteroatoms. The third-order valence-electron chi connectivity index (χ3n) is 6.28. The third kappa shape index (κ3) is 4.33. The highest BCUT2D eigenvalue weighted by Gasteiger charge is 2.16. The Morgan fingerprint density at radius 1 is 1.08 bits per heavy atom. The molecule has 0 aromatic carbocycles. The number of rotatable bonds is 7. The molecule has 1 amide bonds. The van der Waals surface area contributed by atoms with E-state index in [4.69, 9.17) is 0 Å². The molecular weight excluding hydrogens is 466 g/mol. The summed E-state index contributed by atoms with van der Waals surface area (Å²) >= 11 is 0. The Morgan fingerprint density at radius 2 is 2.00 bits per heavy atom. The number of aromatic amines is 2. The molecule has 6 aromatic rings. The van der Waals surface area contributed by atoms with E-state index in [1.54, 1.807) is 31.1 Å². The number of unbranched alkanes of at least 4 members (excludes halogenated alkanes) is 1. The van der Waals surface area contributed by atoms with Crippen molar-refractivity contribution in [3.8, 4) is 28.3 Å². The van der Waals surface area contributed by atoms with Crippen LogP contribution in [0, 0.1) is 6.92 Å². The van der Waals surface area contributed by atoms with Crippen molar-refractivity contribution in [2.75, 3.05) is 5.32 Å². The molecule has 184 valence electrons. The molecule has 0 aliphatic rings. The van der Waals surface area contributed by atoms with Crippen LogP contribution in [0.15, 0.2) is 61.6 Å². The summed E-state index contributed by atoms with van der Waals surface area (Å²) in [6.45, 7) is 4.03. The Balaban J connectivity index is 1.37. The number of nitrogens with one attached hydrogen (secondary N) is 3. The summed E-state index contributed by atoms with van der Waals surface area (Å²) in [6.07, 6.45) is 13.0. The van der Waals surface area contributed by atoms with E-state index >= 15 is 0 Å². The minimum Gasteiger partial charge on any atom is -0.338 e. The summed E-state index contributed by atoms with van der Waals surface area (Å²) in [7, 11) is 0. The van der Waals surface area contributed by atoms with Crippen molar-refractivity contribution in [3.63, 3.8) is 0 Å². The van der Waals surface area contributed by atoms with Gasteiger partial charge in [0.1, 0.15) is 11.3 Å². The Kier molecular flexibility index (Phi) is 5.68. The Bertz CT molecular complexity index is 1740. The number of carbonyl (C=O) groups is 1. The van der Waals surface area contributed by atoms with Gasteiger partial charge in [-0.1, -0.05) is 13.3 Å². The van der Waals surface area contributed by atoms with Crippen molar-refractivity contribution in [2.45, 2.75) is 33.1 Å². The lowest BCUT2D eigenvalue weighted by Crippen LogP contribution is -2.11. The van der Waals surface area contributed by atoms with Gasteiger partial charge in [0, 0.05) is 41.3 Å². The van der Waals surface area contributed by atoms with Gasteiger partial charge in [0.05, 0.1) is 52.7 Å². The lowest BCUT2D eigenvalue weighted by atomic mass is 10.1. The first kappa shape index (κ1) is 22.6. The van der Waals surface area contributed by atoms with Crippen LogP contribution in [0.2, 0.25) is 0 Å². The number of nitrogens with zero attached hydrogens (tertiary/aromatic N) is 6. The van der Waals surface area contributed by atoms with Gasteiger partial charge in [0.25, 0.3) is 0 Å². The van der Waals surface area contributed by atoms with E-state index < -0.39 is 0 Å². The summed E-state index contributed by atoms with van der Waals surface area (Å²) in [5.74, 6) is -0.0148. The standard InChI is InChI=1S/C27H25N9O/c1-3-4-5-25(37)32-18-8-17(11-28-12-18)21-9-19-23(13-30-21)34-35-26(19)22-10-20-24(6-7-29-27(20)33-22)36-14-16(2)31-15-36/h6-15H,3-5H2,1-2H3,(H,29,33)(H,32,37)(H,34,35). The summed E-state index contributed by atoms with van der Waals surface area (Å²) in [6, 6.07) is 7.88. The molecule has 0 saturated heterocycles. The van der Waals surface area contributed by atoms with E-state index in [-0.39, 0.29) is 5.91 Å². The van der Waals surface area contributed by atoms with E-state index in [9.17, 15) is 4.79 Å². The van der Waals surface area contributed by atoms with Crippen molar-refractivity contribution in [1.82, 2.24) is 39.7 Å². The lowest BCUT2D eigenvalue weighted by Gasteiger charge is -2.07. The van der Waals surface area contributed by atoms with Crippen molar-refractivity contribution in [3.05, 3.63) is 67.3 Å². The van der Waals surface area contributed by atoms with Crippen LogP contribution in [0.4, 0.5) is 5.69 Å². The fourth-order valence-corrected chi connectivity index (χ4v) is 4.41. The monoisotopic (exact) mass is 491 g/mol. The first-order valence-corrected chi connectivity index (χ1v) is 12.2. The summed E-state index contributed by atoms with van der Waals surface area (Å²) in [4.78, 5) is 33.4. The van der Waals surface area contributed by atoms with Gasteiger partial charge in [-0.05, 0) is 37.6 Å². The number of H-pyrrole nitrogens is 2. The predicted octanol–water partition coefficient (Wildman–Crippen LogP) is 5.19. The average Bonchev–Trinajstić information content (AvgIpc) is 3.64. The number of pyridine rings is 3.